The fourth-order valence-corrected chi connectivity index (χ4v) is 2.30. The van der Waals surface area contributed by atoms with Gasteiger partial charge in [-0.2, -0.15) is 0 Å². The van der Waals surface area contributed by atoms with Crippen molar-refractivity contribution < 1.29 is 24.2 Å². The van der Waals surface area contributed by atoms with Crippen LogP contribution in [0.4, 0.5) is 5.69 Å². The van der Waals surface area contributed by atoms with Gasteiger partial charge in [0.25, 0.3) is 0 Å². The number of phenolic OH excluding ortho intramolecular Hbond substituents is 1. The quantitative estimate of drug-likeness (QED) is 0.382. The van der Waals surface area contributed by atoms with Crippen molar-refractivity contribution in [2.45, 2.75) is 13.3 Å². The van der Waals surface area contributed by atoms with Crippen LogP contribution in [0.3, 0.4) is 0 Å². The average molecular weight is 464 g/mol. The van der Waals surface area contributed by atoms with E-state index in [2.05, 4.69) is 32.8 Å². The van der Waals surface area contributed by atoms with E-state index in [-0.39, 0.29) is 23.8 Å². The molecule has 1 aromatic rings. The summed E-state index contributed by atoms with van der Waals surface area (Å²) in [4.78, 5) is 27.7. The number of hydrogen-bond acceptors (Lipinski definition) is 6. The van der Waals surface area contributed by atoms with E-state index in [4.69, 9.17) is 9.47 Å². The molecule has 140 valence electrons. The van der Waals surface area contributed by atoms with Crippen LogP contribution in [0, 0.1) is 0 Å². The molecule has 2 N–H and O–H groups in total. The Kier molecular flexibility index (Phi) is 10.4. The van der Waals surface area contributed by atoms with Gasteiger partial charge in [0.15, 0.2) is 0 Å². The summed E-state index contributed by atoms with van der Waals surface area (Å²) >= 11 is 2.15. The number of morpholine rings is 1. The van der Waals surface area contributed by atoms with Crippen molar-refractivity contribution in [3.05, 3.63) is 23.8 Å². The van der Waals surface area contributed by atoms with Crippen molar-refractivity contribution in [2.24, 2.45) is 0 Å². The Balaban J connectivity index is 0.00000151. The fourth-order valence-electron chi connectivity index (χ4n) is 2.30. The minimum atomic E-state index is -0.588. The Morgan fingerprint density at radius 3 is 2.60 bits per heavy atom. The number of esters is 1. The zero-order valence-corrected chi connectivity index (χ0v) is 16.7. The summed E-state index contributed by atoms with van der Waals surface area (Å²) in [6, 6.07) is 4.35. The monoisotopic (exact) mass is 464 g/mol. The number of nitrogens with one attached hydrogen (secondary N) is 1. The number of hydrogen-bond donors (Lipinski definition) is 2. The lowest BCUT2D eigenvalue weighted by Crippen LogP contribution is -2.38. The molecule has 2 rings (SSSR count). The number of ether oxygens (including phenoxy) is 2. The zero-order valence-electron chi connectivity index (χ0n) is 14.6. The molecular weight excluding hydrogens is 439 g/mol. The van der Waals surface area contributed by atoms with Crippen molar-refractivity contribution in [2.75, 3.05) is 49.7 Å². The number of amides is 1. The third-order valence-electron chi connectivity index (χ3n) is 3.54. The highest BCUT2D eigenvalue weighted by Crippen LogP contribution is 2.23. The number of rotatable bonds is 6. The van der Waals surface area contributed by atoms with Gasteiger partial charge in [0.05, 0.1) is 19.8 Å². The molecule has 0 atom stereocenters. The van der Waals surface area contributed by atoms with Crippen LogP contribution in [-0.2, 0) is 14.3 Å². The first kappa shape index (κ1) is 21.7. The molecule has 0 aromatic heterocycles. The molecule has 8 heteroatoms. The molecule has 1 aromatic carbocycles. The van der Waals surface area contributed by atoms with Gasteiger partial charge in [0.2, 0.25) is 5.91 Å². The van der Waals surface area contributed by atoms with Crippen molar-refractivity contribution in [1.29, 1.82) is 0 Å². The molecule has 1 amide bonds. The number of nitrogens with zero attached hydrogens (tertiary/aromatic N) is 1. The molecule has 0 radical (unpaired) electrons. The lowest BCUT2D eigenvalue weighted by molar-refractivity contribution is -0.116. The molecule has 0 bridgehead atoms. The third-order valence-corrected chi connectivity index (χ3v) is 3.54. The molecular formula is C17H25IN2O5. The summed E-state index contributed by atoms with van der Waals surface area (Å²) in [5.74, 6) is -0.940. The first-order chi connectivity index (χ1) is 12.1. The summed E-state index contributed by atoms with van der Waals surface area (Å²) in [5.41, 5.74) is 0.528. The number of carbonyl (C=O) groups excluding carboxylic acids is 2. The predicted molar refractivity (Wildman–Crippen MR) is 105 cm³/mol. The van der Waals surface area contributed by atoms with Crippen LogP contribution in [-0.4, -0.2) is 66.3 Å². The number of benzene rings is 1. The Morgan fingerprint density at radius 2 is 2.00 bits per heavy atom. The minimum absolute atomic E-state index is 0.0816. The summed E-state index contributed by atoms with van der Waals surface area (Å²) in [6.45, 7) is 5.67. The van der Waals surface area contributed by atoms with Gasteiger partial charge in [0.1, 0.15) is 11.3 Å². The summed E-state index contributed by atoms with van der Waals surface area (Å²) in [5, 5.41) is 12.6. The van der Waals surface area contributed by atoms with Crippen molar-refractivity contribution >= 4 is 40.2 Å². The van der Waals surface area contributed by atoms with Crippen LogP contribution in [0.25, 0.3) is 0 Å². The fraction of sp³-hybridized carbons (Fsp3) is 0.529. The second kappa shape index (κ2) is 12.0. The lowest BCUT2D eigenvalue weighted by atomic mass is 10.2. The van der Waals surface area contributed by atoms with Gasteiger partial charge in [-0.15, -0.1) is 0 Å². The van der Waals surface area contributed by atoms with Gasteiger partial charge < -0.3 is 19.9 Å². The predicted octanol–water partition coefficient (Wildman–Crippen LogP) is 2.28. The standard InChI is InChI=1S/C16H22N2O5.CH3I/c1-2-23-16(21)13-4-3-12(11-14(13)19)17-15(20)5-6-18-7-9-22-10-8-18;1-2/h3-4,11,19H,2,5-10H2,1H3,(H,17,20);1H3. The summed E-state index contributed by atoms with van der Waals surface area (Å²) in [7, 11) is 0. The maximum Gasteiger partial charge on any atom is 0.341 e. The molecule has 0 spiro atoms. The zero-order chi connectivity index (χ0) is 18.7. The van der Waals surface area contributed by atoms with E-state index in [0.717, 1.165) is 13.1 Å². The second-order valence-corrected chi connectivity index (χ2v) is 5.20. The lowest BCUT2D eigenvalue weighted by Gasteiger charge is -2.26. The van der Waals surface area contributed by atoms with Gasteiger partial charge in [-0.05, 0) is 24.0 Å². The van der Waals surface area contributed by atoms with Crippen LogP contribution in [0.1, 0.15) is 23.7 Å². The Labute approximate surface area is 161 Å². The van der Waals surface area contributed by atoms with Crippen molar-refractivity contribution in [1.82, 2.24) is 4.90 Å². The van der Waals surface area contributed by atoms with E-state index < -0.39 is 5.97 Å². The van der Waals surface area contributed by atoms with E-state index in [1.807, 2.05) is 4.93 Å². The van der Waals surface area contributed by atoms with Crippen LogP contribution in [0.2, 0.25) is 0 Å². The normalized spacial score (nSPS) is 14.2. The minimum Gasteiger partial charge on any atom is -0.507 e. The SMILES string of the molecule is CCOC(=O)c1ccc(NC(=O)CCN2CCOCC2)cc1O.CI. The maximum absolute atomic E-state index is 11.9. The average Bonchev–Trinajstić information content (AvgIpc) is 2.63. The largest absolute Gasteiger partial charge is 0.507 e. The topological polar surface area (TPSA) is 88.1 Å². The summed E-state index contributed by atoms with van der Waals surface area (Å²) in [6.07, 6.45) is 0.361. The van der Waals surface area contributed by atoms with Gasteiger partial charge in [-0.1, -0.05) is 22.6 Å². The van der Waals surface area contributed by atoms with E-state index in [1.165, 1.54) is 12.1 Å². The molecule has 1 fully saturated rings. The highest BCUT2D eigenvalue weighted by Gasteiger charge is 2.15. The van der Waals surface area contributed by atoms with Crippen LogP contribution in [0.5, 0.6) is 5.75 Å². The molecule has 1 aliphatic heterocycles. The number of alkyl halides is 1. The van der Waals surface area contributed by atoms with Gasteiger partial charge >= 0.3 is 5.97 Å². The second-order valence-electron chi connectivity index (χ2n) is 5.20. The van der Waals surface area contributed by atoms with Gasteiger partial charge in [0, 0.05) is 37.8 Å². The van der Waals surface area contributed by atoms with Crippen molar-refractivity contribution in [3.63, 3.8) is 0 Å². The highest BCUT2D eigenvalue weighted by molar-refractivity contribution is 14.1. The Bertz CT molecular complexity index is 562. The van der Waals surface area contributed by atoms with Crippen LogP contribution in [0.15, 0.2) is 18.2 Å². The van der Waals surface area contributed by atoms with Crippen molar-refractivity contribution in [3.8, 4) is 5.75 Å². The molecule has 7 nitrogen and oxygen atoms in total. The molecule has 0 aliphatic carbocycles. The number of carbonyl (C=O) groups is 2. The molecule has 0 unspecified atom stereocenters. The van der Waals surface area contributed by atoms with E-state index >= 15 is 0 Å². The molecule has 1 heterocycles. The van der Waals surface area contributed by atoms with Gasteiger partial charge in [-0.25, -0.2) is 4.79 Å². The van der Waals surface area contributed by atoms with Crippen LogP contribution < -0.4 is 5.32 Å². The first-order valence-corrected chi connectivity index (χ1v) is 10.2. The Morgan fingerprint density at radius 1 is 1.32 bits per heavy atom. The molecule has 0 saturated carbocycles. The first-order valence-electron chi connectivity index (χ1n) is 8.08. The van der Waals surface area contributed by atoms with Gasteiger partial charge in [-0.3, -0.25) is 9.69 Å². The molecule has 25 heavy (non-hydrogen) atoms. The number of anilines is 1. The third kappa shape index (κ3) is 7.57. The summed E-state index contributed by atoms with van der Waals surface area (Å²) < 4.78 is 10.1. The number of halogens is 1. The van der Waals surface area contributed by atoms with E-state index in [1.54, 1.807) is 13.0 Å². The molecule has 1 saturated heterocycles. The van der Waals surface area contributed by atoms with E-state index in [9.17, 15) is 14.7 Å². The molecule has 1 aliphatic rings. The number of phenols is 1. The number of aromatic hydroxyl groups is 1. The maximum atomic E-state index is 11.9. The van der Waals surface area contributed by atoms with E-state index in [0.29, 0.717) is 31.9 Å². The van der Waals surface area contributed by atoms with Crippen LogP contribution >= 0.6 is 22.6 Å². The smallest absolute Gasteiger partial charge is 0.341 e. The highest BCUT2D eigenvalue weighted by atomic mass is 127. The Hall–Kier alpha value is -1.39.